The summed E-state index contributed by atoms with van der Waals surface area (Å²) in [5.74, 6) is -4.19. The highest BCUT2D eigenvalue weighted by molar-refractivity contribution is 7.92. The van der Waals surface area contributed by atoms with Gasteiger partial charge in [-0.2, -0.15) is 0 Å². The van der Waals surface area contributed by atoms with Crippen LogP contribution in [0.15, 0.2) is 23.1 Å². The Morgan fingerprint density at radius 2 is 2.00 bits per heavy atom. The van der Waals surface area contributed by atoms with E-state index in [4.69, 9.17) is 5.11 Å². The Hall–Kier alpha value is -1.96. The molecular formula is C11H12FNO5S. The fourth-order valence-electron chi connectivity index (χ4n) is 1.38. The maximum Gasteiger partial charge on any atom is 0.335 e. The lowest BCUT2D eigenvalue weighted by molar-refractivity contribution is -0.118. The Bertz CT molecular complexity index is 612. The van der Waals surface area contributed by atoms with Crippen LogP contribution in [0.1, 0.15) is 17.3 Å². The van der Waals surface area contributed by atoms with Crippen molar-refractivity contribution in [2.75, 3.05) is 12.3 Å². The van der Waals surface area contributed by atoms with Crippen molar-refractivity contribution in [2.24, 2.45) is 0 Å². The Morgan fingerprint density at radius 1 is 1.37 bits per heavy atom. The van der Waals surface area contributed by atoms with E-state index in [1.807, 2.05) is 0 Å². The predicted octanol–water partition coefficient (Wildman–Crippen LogP) is 0.434. The van der Waals surface area contributed by atoms with E-state index in [1.165, 1.54) is 0 Å². The molecule has 0 unspecified atom stereocenters. The van der Waals surface area contributed by atoms with Gasteiger partial charge in [-0.25, -0.2) is 17.6 Å². The lowest BCUT2D eigenvalue weighted by atomic mass is 10.2. The van der Waals surface area contributed by atoms with Gasteiger partial charge in [-0.1, -0.05) is 0 Å². The van der Waals surface area contributed by atoms with Gasteiger partial charge in [-0.05, 0) is 25.1 Å². The number of halogens is 1. The first-order chi connectivity index (χ1) is 8.77. The van der Waals surface area contributed by atoms with Gasteiger partial charge in [-0.3, -0.25) is 4.79 Å². The van der Waals surface area contributed by atoms with Crippen LogP contribution < -0.4 is 5.32 Å². The quantitative estimate of drug-likeness (QED) is 0.819. The molecular weight excluding hydrogens is 277 g/mol. The smallest absolute Gasteiger partial charge is 0.335 e. The van der Waals surface area contributed by atoms with Gasteiger partial charge in [0.2, 0.25) is 5.91 Å². The largest absolute Gasteiger partial charge is 0.478 e. The van der Waals surface area contributed by atoms with E-state index < -0.39 is 38.2 Å². The molecule has 0 aromatic heterocycles. The standard InChI is InChI=1S/C11H12FNO5S/c1-2-13-10(14)6-19(17,18)9-4-3-7(11(15)16)5-8(9)12/h3-5H,2,6H2,1H3,(H,13,14)(H,15,16). The first-order valence-electron chi connectivity index (χ1n) is 5.30. The van der Waals surface area contributed by atoms with Crippen LogP contribution in [0.3, 0.4) is 0 Å². The average molecular weight is 289 g/mol. The molecule has 0 saturated heterocycles. The summed E-state index contributed by atoms with van der Waals surface area (Å²) in [7, 11) is -4.13. The number of hydrogen-bond donors (Lipinski definition) is 2. The number of benzene rings is 1. The summed E-state index contributed by atoms with van der Waals surface area (Å²) < 4.78 is 37.1. The number of carboxylic acid groups (broad SMARTS) is 1. The molecule has 0 fully saturated rings. The van der Waals surface area contributed by atoms with E-state index in [1.54, 1.807) is 6.92 Å². The van der Waals surface area contributed by atoms with Gasteiger partial charge >= 0.3 is 5.97 Å². The van der Waals surface area contributed by atoms with Crippen molar-refractivity contribution in [2.45, 2.75) is 11.8 Å². The molecule has 0 bridgehead atoms. The van der Waals surface area contributed by atoms with Crippen LogP contribution in [0.4, 0.5) is 4.39 Å². The van der Waals surface area contributed by atoms with E-state index >= 15 is 0 Å². The molecule has 0 heterocycles. The lowest BCUT2D eigenvalue weighted by Gasteiger charge is -2.06. The van der Waals surface area contributed by atoms with Crippen molar-refractivity contribution in [3.8, 4) is 0 Å². The van der Waals surface area contributed by atoms with Gasteiger partial charge in [0, 0.05) is 6.54 Å². The summed E-state index contributed by atoms with van der Waals surface area (Å²) in [5, 5.41) is 10.9. The van der Waals surface area contributed by atoms with Gasteiger partial charge in [-0.15, -0.1) is 0 Å². The molecule has 1 rings (SSSR count). The van der Waals surface area contributed by atoms with Crippen LogP contribution in [-0.4, -0.2) is 37.7 Å². The maximum atomic E-state index is 13.6. The first kappa shape index (κ1) is 15.1. The third-order valence-electron chi connectivity index (χ3n) is 2.21. The van der Waals surface area contributed by atoms with E-state index in [-0.39, 0.29) is 12.1 Å². The third kappa shape index (κ3) is 3.75. The second kappa shape index (κ2) is 5.79. The number of nitrogens with one attached hydrogen (secondary N) is 1. The van der Waals surface area contributed by atoms with Gasteiger partial charge in [0.1, 0.15) is 16.5 Å². The van der Waals surface area contributed by atoms with Gasteiger partial charge in [0.15, 0.2) is 9.84 Å². The second-order valence-electron chi connectivity index (χ2n) is 3.66. The lowest BCUT2D eigenvalue weighted by Crippen LogP contribution is -2.30. The van der Waals surface area contributed by atoms with Crippen molar-refractivity contribution in [3.63, 3.8) is 0 Å². The Morgan fingerprint density at radius 3 is 2.47 bits per heavy atom. The molecule has 0 radical (unpaired) electrons. The summed E-state index contributed by atoms with van der Waals surface area (Å²) in [6, 6.07) is 2.41. The second-order valence-corrected chi connectivity index (χ2v) is 5.62. The molecule has 104 valence electrons. The SMILES string of the molecule is CCNC(=O)CS(=O)(=O)c1ccc(C(=O)O)cc1F. The molecule has 0 saturated carbocycles. The molecule has 6 nitrogen and oxygen atoms in total. The molecule has 1 aromatic rings. The highest BCUT2D eigenvalue weighted by Crippen LogP contribution is 2.17. The highest BCUT2D eigenvalue weighted by Gasteiger charge is 2.23. The fraction of sp³-hybridized carbons (Fsp3) is 0.273. The Kier molecular flexibility index (Phi) is 4.60. The summed E-state index contributed by atoms with van der Waals surface area (Å²) in [6.45, 7) is 1.88. The fourth-order valence-corrected chi connectivity index (χ4v) is 2.62. The number of hydrogen-bond acceptors (Lipinski definition) is 4. The number of carbonyl (C=O) groups excluding carboxylic acids is 1. The summed E-state index contributed by atoms with van der Waals surface area (Å²) in [4.78, 5) is 21.1. The van der Waals surface area contributed by atoms with Crippen LogP contribution in [0.2, 0.25) is 0 Å². The molecule has 0 aliphatic carbocycles. The molecule has 1 aromatic carbocycles. The topological polar surface area (TPSA) is 101 Å². The number of aromatic carboxylic acids is 1. The third-order valence-corrected chi connectivity index (χ3v) is 3.85. The van der Waals surface area contributed by atoms with Gasteiger partial charge in [0.05, 0.1) is 5.56 Å². The van der Waals surface area contributed by atoms with Gasteiger partial charge in [0.25, 0.3) is 0 Å². The first-order valence-corrected chi connectivity index (χ1v) is 6.95. The van der Waals surface area contributed by atoms with Crippen molar-refractivity contribution >= 4 is 21.7 Å². The minimum Gasteiger partial charge on any atom is -0.478 e. The van der Waals surface area contributed by atoms with Crippen molar-refractivity contribution in [1.29, 1.82) is 0 Å². The number of sulfone groups is 1. The number of carboxylic acids is 1. The predicted molar refractivity (Wildman–Crippen MR) is 64.1 cm³/mol. The Labute approximate surface area is 109 Å². The summed E-state index contributed by atoms with van der Waals surface area (Å²) >= 11 is 0. The van der Waals surface area contributed by atoms with E-state index in [0.717, 1.165) is 12.1 Å². The zero-order chi connectivity index (χ0) is 14.6. The number of carbonyl (C=O) groups is 2. The summed E-state index contributed by atoms with van der Waals surface area (Å²) in [6.07, 6.45) is 0. The van der Waals surface area contributed by atoms with Crippen LogP contribution >= 0.6 is 0 Å². The zero-order valence-electron chi connectivity index (χ0n) is 10.0. The monoisotopic (exact) mass is 289 g/mol. The van der Waals surface area contributed by atoms with Gasteiger partial charge < -0.3 is 10.4 Å². The molecule has 2 N–H and O–H groups in total. The normalized spacial score (nSPS) is 11.1. The average Bonchev–Trinajstić information content (AvgIpc) is 2.27. The van der Waals surface area contributed by atoms with Crippen LogP contribution in [0, 0.1) is 5.82 Å². The number of rotatable bonds is 5. The highest BCUT2D eigenvalue weighted by atomic mass is 32.2. The van der Waals surface area contributed by atoms with Crippen LogP contribution in [0.5, 0.6) is 0 Å². The zero-order valence-corrected chi connectivity index (χ0v) is 10.8. The van der Waals surface area contributed by atoms with Crippen LogP contribution in [-0.2, 0) is 14.6 Å². The van der Waals surface area contributed by atoms with Crippen molar-refractivity contribution in [3.05, 3.63) is 29.6 Å². The Balaban J connectivity index is 3.09. The molecule has 0 atom stereocenters. The van der Waals surface area contributed by atoms with Crippen molar-refractivity contribution in [1.82, 2.24) is 5.32 Å². The molecule has 0 aliphatic rings. The van der Waals surface area contributed by atoms with Crippen molar-refractivity contribution < 1.29 is 27.5 Å². The van der Waals surface area contributed by atoms with Crippen LogP contribution in [0.25, 0.3) is 0 Å². The van der Waals surface area contributed by atoms with E-state index in [0.29, 0.717) is 6.07 Å². The van der Waals surface area contributed by atoms with E-state index in [2.05, 4.69) is 5.32 Å². The molecule has 1 amide bonds. The minimum atomic E-state index is -4.13. The number of amides is 1. The summed E-state index contributed by atoms with van der Waals surface area (Å²) in [5.41, 5.74) is -0.366. The molecule has 8 heteroatoms. The molecule has 0 aliphatic heterocycles. The maximum absolute atomic E-state index is 13.6. The molecule has 19 heavy (non-hydrogen) atoms. The molecule has 0 spiro atoms. The van der Waals surface area contributed by atoms with E-state index in [9.17, 15) is 22.4 Å². The minimum absolute atomic E-state index is 0.259.